The Morgan fingerprint density at radius 2 is 2.04 bits per heavy atom. The number of carbonyl (C=O) groups is 1. The maximum atomic E-state index is 12.4. The zero-order chi connectivity index (χ0) is 21.5. The second-order valence-corrected chi connectivity index (χ2v) is 10.7. The molecule has 1 aliphatic rings. The van der Waals surface area contributed by atoms with E-state index in [0.717, 1.165) is 0 Å². The number of likely N-dealkylation sites (tertiary alicyclic amines) is 1. The predicted molar refractivity (Wildman–Crippen MR) is 109 cm³/mol. The molecule has 0 saturated carbocycles. The van der Waals surface area contributed by atoms with Crippen LogP contribution in [0.3, 0.4) is 0 Å². The van der Waals surface area contributed by atoms with E-state index in [-0.39, 0.29) is 30.1 Å². The van der Waals surface area contributed by atoms with Gasteiger partial charge in [0.1, 0.15) is 16.9 Å². The SMILES string of the molecule is C[S+]([O-])c1cn(CC2(O)CCN(C(=O)OC(C)(C)C)CC2(C)C)c(=O)cc1Cl. The molecule has 1 amide bonds. The molecule has 1 aromatic heterocycles. The highest BCUT2D eigenvalue weighted by atomic mass is 35.5. The Kier molecular flexibility index (Phi) is 6.50. The Balaban J connectivity index is 2.25. The summed E-state index contributed by atoms with van der Waals surface area (Å²) in [5.41, 5.74) is -2.92. The molecule has 158 valence electrons. The summed E-state index contributed by atoms with van der Waals surface area (Å²) < 4.78 is 18.6. The van der Waals surface area contributed by atoms with E-state index in [4.69, 9.17) is 16.3 Å². The third-order valence-electron chi connectivity index (χ3n) is 5.08. The molecule has 0 aromatic carbocycles. The van der Waals surface area contributed by atoms with Gasteiger partial charge in [0.2, 0.25) is 0 Å². The van der Waals surface area contributed by atoms with Gasteiger partial charge in [-0.25, -0.2) is 4.79 Å². The molecule has 2 heterocycles. The van der Waals surface area contributed by atoms with Crippen molar-refractivity contribution >= 4 is 28.9 Å². The van der Waals surface area contributed by atoms with Crippen molar-refractivity contribution in [1.82, 2.24) is 9.47 Å². The summed E-state index contributed by atoms with van der Waals surface area (Å²) in [6.45, 7) is 9.72. The molecule has 7 nitrogen and oxygen atoms in total. The van der Waals surface area contributed by atoms with Gasteiger partial charge in [-0.15, -0.1) is 0 Å². The molecule has 28 heavy (non-hydrogen) atoms. The molecule has 1 fully saturated rings. The topological polar surface area (TPSA) is 94.8 Å². The first kappa shape index (κ1) is 23.1. The Morgan fingerprint density at radius 1 is 1.43 bits per heavy atom. The van der Waals surface area contributed by atoms with Crippen molar-refractivity contribution in [2.24, 2.45) is 5.41 Å². The number of piperidine rings is 1. The zero-order valence-corrected chi connectivity index (χ0v) is 18.8. The molecule has 1 N–H and O–H groups in total. The maximum absolute atomic E-state index is 12.4. The minimum Gasteiger partial charge on any atom is -0.612 e. The van der Waals surface area contributed by atoms with Gasteiger partial charge >= 0.3 is 6.09 Å². The first-order valence-electron chi connectivity index (χ1n) is 9.09. The second kappa shape index (κ2) is 7.89. The highest BCUT2D eigenvalue weighted by molar-refractivity contribution is 7.90. The van der Waals surface area contributed by atoms with Gasteiger partial charge in [-0.3, -0.25) is 4.79 Å². The number of aliphatic hydroxyl groups is 1. The number of rotatable bonds is 3. The van der Waals surface area contributed by atoms with Crippen LogP contribution in [0.4, 0.5) is 4.79 Å². The Morgan fingerprint density at radius 3 is 2.54 bits per heavy atom. The number of aromatic nitrogens is 1. The van der Waals surface area contributed by atoms with Crippen molar-refractivity contribution in [2.45, 2.75) is 63.7 Å². The zero-order valence-electron chi connectivity index (χ0n) is 17.2. The lowest BCUT2D eigenvalue weighted by atomic mass is 9.70. The van der Waals surface area contributed by atoms with Crippen LogP contribution in [-0.2, 0) is 22.5 Å². The van der Waals surface area contributed by atoms with Crippen molar-refractivity contribution in [2.75, 3.05) is 19.3 Å². The Bertz CT molecular complexity index is 802. The molecule has 1 aromatic rings. The number of pyridine rings is 1. The van der Waals surface area contributed by atoms with Crippen molar-refractivity contribution in [1.29, 1.82) is 0 Å². The molecule has 2 rings (SSSR count). The monoisotopic (exact) mass is 432 g/mol. The maximum Gasteiger partial charge on any atom is 0.410 e. The number of nitrogens with zero attached hydrogens (tertiary/aromatic N) is 2. The summed E-state index contributed by atoms with van der Waals surface area (Å²) in [5, 5.41) is 11.5. The lowest BCUT2D eigenvalue weighted by Gasteiger charge is -2.50. The summed E-state index contributed by atoms with van der Waals surface area (Å²) in [6.07, 6.45) is 2.78. The molecule has 9 heteroatoms. The lowest BCUT2D eigenvalue weighted by Crippen LogP contribution is -2.61. The van der Waals surface area contributed by atoms with Gasteiger partial charge < -0.3 is 23.9 Å². The van der Waals surface area contributed by atoms with Crippen molar-refractivity contribution < 1.29 is 19.2 Å². The number of carbonyl (C=O) groups excluding carboxylic acids is 1. The molecular formula is C19H29ClN2O5S. The fourth-order valence-electron chi connectivity index (χ4n) is 3.28. The molecule has 2 unspecified atom stereocenters. The van der Waals surface area contributed by atoms with Crippen LogP contribution in [0.1, 0.15) is 41.0 Å². The number of hydrogen-bond donors (Lipinski definition) is 1. The van der Waals surface area contributed by atoms with Gasteiger partial charge in [0.05, 0.1) is 18.3 Å². The smallest absolute Gasteiger partial charge is 0.410 e. The van der Waals surface area contributed by atoms with Gasteiger partial charge in [0, 0.05) is 24.6 Å². The van der Waals surface area contributed by atoms with E-state index in [1.54, 1.807) is 25.7 Å². The van der Waals surface area contributed by atoms with E-state index in [1.165, 1.54) is 23.1 Å². The van der Waals surface area contributed by atoms with Gasteiger partial charge in [-0.05, 0) is 38.4 Å². The van der Waals surface area contributed by atoms with Crippen LogP contribution in [-0.4, -0.2) is 55.8 Å². The van der Waals surface area contributed by atoms with Gasteiger partial charge in [-0.1, -0.05) is 25.4 Å². The molecule has 0 spiro atoms. The fraction of sp³-hybridized carbons (Fsp3) is 0.684. The summed E-state index contributed by atoms with van der Waals surface area (Å²) in [4.78, 5) is 26.7. The van der Waals surface area contributed by atoms with Crippen molar-refractivity contribution in [3.8, 4) is 0 Å². The van der Waals surface area contributed by atoms with Crippen LogP contribution in [0, 0.1) is 5.41 Å². The third-order valence-corrected chi connectivity index (χ3v) is 6.45. The van der Waals surface area contributed by atoms with Gasteiger partial charge in [0.15, 0.2) is 4.90 Å². The minimum atomic E-state index is -1.36. The van der Waals surface area contributed by atoms with E-state index in [1.807, 2.05) is 13.8 Å². The van der Waals surface area contributed by atoms with Gasteiger partial charge in [0.25, 0.3) is 5.56 Å². The first-order chi connectivity index (χ1) is 12.7. The number of ether oxygens (including phenoxy) is 1. The standard InChI is InChI=1S/C19H29ClN2O5S/c1-17(2,3)27-16(24)21-8-7-19(25,18(4,5)11-21)12-22-10-14(28(6)26)13(20)9-15(22)23/h9-10,25H,7-8,11-12H2,1-6H3. The van der Waals surface area contributed by atoms with Crippen molar-refractivity contribution in [3.63, 3.8) is 0 Å². The second-order valence-electron chi connectivity index (χ2n) is 8.97. The van der Waals surface area contributed by atoms with Gasteiger partial charge in [-0.2, -0.15) is 0 Å². The summed E-state index contributed by atoms with van der Waals surface area (Å²) in [5.74, 6) is 0. The van der Waals surface area contributed by atoms with E-state index in [2.05, 4.69) is 0 Å². The molecule has 0 bridgehead atoms. The molecular weight excluding hydrogens is 404 g/mol. The largest absolute Gasteiger partial charge is 0.612 e. The molecule has 0 aliphatic carbocycles. The summed E-state index contributed by atoms with van der Waals surface area (Å²) in [6, 6.07) is 1.21. The van der Waals surface area contributed by atoms with E-state index < -0.39 is 33.9 Å². The molecule has 1 saturated heterocycles. The number of halogens is 1. The lowest BCUT2D eigenvalue weighted by molar-refractivity contribution is -0.127. The van der Waals surface area contributed by atoms with Crippen LogP contribution in [0.25, 0.3) is 0 Å². The van der Waals surface area contributed by atoms with E-state index >= 15 is 0 Å². The Hall–Kier alpha value is -1.22. The quantitative estimate of drug-likeness (QED) is 0.741. The number of hydrogen-bond acceptors (Lipinski definition) is 5. The molecule has 1 aliphatic heterocycles. The molecule has 2 atom stereocenters. The summed E-state index contributed by atoms with van der Waals surface area (Å²) in [7, 11) is 0. The number of amides is 1. The average Bonchev–Trinajstić information content (AvgIpc) is 2.50. The highest BCUT2D eigenvalue weighted by Crippen LogP contribution is 2.40. The first-order valence-corrected chi connectivity index (χ1v) is 11.0. The van der Waals surface area contributed by atoms with Crippen LogP contribution in [0.5, 0.6) is 0 Å². The van der Waals surface area contributed by atoms with Crippen molar-refractivity contribution in [3.05, 3.63) is 27.6 Å². The van der Waals surface area contributed by atoms with Crippen LogP contribution in [0.15, 0.2) is 22.0 Å². The van der Waals surface area contributed by atoms with Crippen LogP contribution >= 0.6 is 11.6 Å². The fourth-order valence-corrected chi connectivity index (χ4v) is 4.36. The van der Waals surface area contributed by atoms with E-state index in [9.17, 15) is 19.2 Å². The third kappa shape index (κ3) is 5.03. The summed E-state index contributed by atoms with van der Waals surface area (Å²) >= 11 is 4.65. The normalized spacial score (nSPS) is 23.4. The average molecular weight is 433 g/mol. The molecule has 0 radical (unpaired) electrons. The van der Waals surface area contributed by atoms with E-state index in [0.29, 0.717) is 11.4 Å². The Labute approximate surface area is 173 Å². The predicted octanol–water partition coefficient (Wildman–Crippen LogP) is 2.64. The van der Waals surface area contributed by atoms with Crippen LogP contribution in [0.2, 0.25) is 5.02 Å². The minimum absolute atomic E-state index is 0.0162. The van der Waals surface area contributed by atoms with Crippen LogP contribution < -0.4 is 5.56 Å². The highest BCUT2D eigenvalue weighted by Gasteiger charge is 2.49.